The van der Waals surface area contributed by atoms with Gasteiger partial charge in [0, 0.05) is 24.0 Å². The molecule has 0 atom stereocenters. The van der Waals surface area contributed by atoms with Gasteiger partial charge in [-0.3, -0.25) is 0 Å². The first-order chi connectivity index (χ1) is 14.8. The smallest absolute Gasteiger partial charge is 0.383 e. The molecule has 2 aromatic heterocycles. The molecule has 2 N–H and O–H groups in total. The van der Waals surface area contributed by atoms with E-state index in [1.165, 1.54) is 29.8 Å². The van der Waals surface area contributed by atoms with E-state index in [2.05, 4.69) is 31.5 Å². The Hall–Kier alpha value is -3.73. The van der Waals surface area contributed by atoms with E-state index < -0.39 is 18.1 Å². The van der Waals surface area contributed by atoms with Gasteiger partial charge in [0.05, 0.1) is 5.56 Å². The van der Waals surface area contributed by atoms with Crippen LogP contribution in [0, 0.1) is 0 Å². The SMILES string of the molecule is O=C(OC(=O)C(F)(F)F)c1ccc(Nc2nc3c(C4=CCNCC4)cccn3n2)cc1. The van der Waals surface area contributed by atoms with Crippen molar-refractivity contribution >= 4 is 34.8 Å². The fraction of sp³-hybridized carbons (Fsp3) is 0.200. The van der Waals surface area contributed by atoms with Gasteiger partial charge in [0.2, 0.25) is 5.95 Å². The van der Waals surface area contributed by atoms with Crippen LogP contribution in [-0.4, -0.2) is 45.8 Å². The number of benzene rings is 1. The van der Waals surface area contributed by atoms with Crippen LogP contribution >= 0.6 is 0 Å². The molecule has 0 bridgehead atoms. The highest BCUT2D eigenvalue weighted by molar-refractivity contribution is 5.98. The van der Waals surface area contributed by atoms with Gasteiger partial charge in [0.25, 0.3) is 0 Å². The van der Waals surface area contributed by atoms with Crippen molar-refractivity contribution in [3.8, 4) is 0 Å². The number of aromatic nitrogens is 3. The van der Waals surface area contributed by atoms with Gasteiger partial charge in [-0.2, -0.15) is 18.2 Å². The molecule has 0 fully saturated rings. The van der Waals surface area contributed by atoms with Crippen LogP contribution in [-0.2, 0) is 9.53 Å². The molecule has 160 valence electrons. The van der Waals surface area contributed by atoms with Crippen molar-refractivity contribution in [2.45, 2.75) is 12.6 Å². The number of hydrogen-bond donors (Lipinski definition) is 2. The Morgan fingerprint density at radius 3 is 2.61 bits per heavy atom. The van der Waals surface area contributed by atoms with Crippen LogP contribution in [0.3, 0.4) is 0 Å². The molecule has 1 aromatic carbocycles. The standard InChI is InChI=1S/C20H16F3N5O3/c21-20(22,23)18(30)31-17(29)13-3-5-14(6-4-13)25-19-26-16-15(2-1-11-28(16)27-19)12-7-9-24-10-8-12/h1-7,11,24H,8-10H2,(H,25,27). The molecule has 0 aliphatic carbocycles. The van der Waals surface area contributed by atoms with E-state index in [0.717, 1.165) is 25.1 Å². The summed E-state index contributed by atoms with van der Waals surface area (Å²) in [5.74, 6) is -3.64. The molecule has 31 heavy (non-hydrogen) atoms. The quantitative estimate of drug-likeness (QED) is 0.484. The lowest BCUT2D eigenvalue weighted by molar-refractivity contribution is -0.193. The molecule has 3 aromatic rings. The number of fused-ring (bicyclic) bond motifs is 1. The first-order valence-electron chi connectivity index (χ1n) is 9.27. The maximum absolute atomic E-state index is 12.2. The molecule has 3 heterocycles. The maximum atomic E-state index is 12.2. The predicted molar refractivity (Wildman–Crippen MR) is 105 cm³/mol. The normalized spacial score (nSPS) is 14.2. The molecule has 1 aliphatic rings. The van der Waals surface area contributed by atoms with Crippen molar-refractivity contribution in [2.75, 3.05) is 18.4 Å². The van der Waals surface area contributed by atoms with Crippen LogP contribution in [0.25, 0.3) is 11.2 Å². The van der Waals surface area contributed by atoms with Crippen LogP contribution < -0.4 is 10.6 Å². The van der Waals surface area contributed by atoms with Crippen molar-refractivity contribution < 1.29 is 27.5 Å². The molecule has 0 saturated carbocycles. The first-order valence-corrected chi connectivity index (χ1v) is 9.27. The van der Waals surface area contributed by atoms with E-state index in [1.54, 1.807) is 10.7 Å². The fourth-order valence-electron chi connectivity index (χ4n) is 3.10. The number of rotatable bonds is 4. The van der Waals surface area contributed by atoms with Crippen molar-refractivity contribution in [3.63, 3.8) is 0 Å². The Morgan fingerprint density at radius 2 is 1.94 bits per heavy atom. The van der Waals surface area contributed by atoms with Gasteiger partial charge >= 0.3 is 18.1 Å². The van der Waals surface area contributed by atoms with Crippen LogP contribution in [0.2, 0.25) is 0 Å². The van der Waals surface area contributed by atoms with Gasteiger partial charge in [-0.05, 0) is 54.9 Å². The Bertz CT molecular complexity index is 1170. The van der Waals surface area contributed by atoms with E-state index in [-0.39, 0.29) is 5.56 Å². The second kappa shape index (κ2) is 8.19. The third-order valence-electron chi connectivity index (χ3n) is 4.57. The number of anilines is 2. The zero-order valence-electron chi connectivity index (χ0n) is 15.9. The summed E-state index contributed by atoms with van der Waals surface area (Å²) in [6.45, 7) is 1.68. The summed E-state index contributed by atoms with van der Waals surface area (Å²) in [6.07, 6.45) is -0.476. The number of hydrogen-bond acceptors (Lipinski definition) is 7. The minimum absolute atomic E-state index is 0.203. The number of ether oxygens (including phenoxy) is 1. The summed E-state index contributed by atoms with van der Waals surface area (Å²) in [5, 5.41) is 10.6. The van der Waals surface area contributed by atoms with Crippen molar-refractivity contribution in [3.05, 3.63) is 59.8 Å². The summed E-state index contributed by atoms with van der Waals surface area (Å²) in [6, 6.07) is 9.21. The van der Waals surface area contributed by atoms with E-state index in [4.69, 9.17) is 0 Å². The minimum Gasteiger partial charge on any atom is -0.383 e. The molecular weight excluding hydrogens is 415 g/mol. The van der Waals surface area contributed by atoms with E-state index in [1.807, 2.05) is 12.1 Å². The van der Waals surface area contributed by atoms with Gasteiger partial charge in [-0.15, -0.1) is 5.10 Å². The molecule has 11 heteroatoms. The van der Waals surface area contributed by atoms with Gasteiger partial charge in [-0.25, -0.2) is 14.1 Å². The van der Waals surface area contributed by atoms with Crippen LogP contribution in [0.1, 0.15) is 22.3 Å². The number of nitrogens with zero attached hydrogens (tertiary/aromatic N) is 3. The van der Waals surface area contributed by atoms with Crippen molar-refractivity contribution in [1.29, 1.82) is 0 Å². The molecule has 1 aliphatic heterocycles. The Labute approximate surface area is 173 Å². The third-order valence-corrected chi connectivity index (χ3v) is 4.57. The van der Waals surface area contributed by atoms with Gasteiger partial charge < -0.3 is 15.4 Å². The molecule has 4 rings (SSSR count). The summed E-state index contributed by atoms with van der Waals surface area (Å²) in [5.41, 5.74) is 3.14. The maximum Gasteiger partial charge on any atom is 0.491 e. The topological polar surface area (TPSA) is 97.6 Å². The zero-order valence-corrected chi connectivity index (χ0v) is 15.9. The molecule has 8 nitrogen and oxygen atoms in total. The van der Waals surface area contributed by atoms with Gasteiger partial charge in [0.1, 0.15) is 0 Å². The number of alkyl halides is 3. The molecule has 0 radical (unpaired) electrons. The number of nitrogens with one attached hydrogen (secondary N) is 2. The number of carbonyl (C=O) groups is 2. The van der Waals surface area contributed by atoms with Gasteiger partial charge in [0.15, 0.2) is 5.65 Å². The monoisotopic (exact) mass is 431 g/mol. The summed E-state index contributed by atoms with van der Waals surface area (Å²) < 4.78 is 42.1. The van der Waals surface area contributed by atoms with E-state index >= 15 is 0 Å². The molecule has 0 amide bonds. The summed E-state index contributed by atoms with van der Waals surface area (Å²) in [4.78, 5) is 27.0. The average Bonchev–Trinajstić information content (AvgIpc) is 3.16. The third kappa shape index (κ3) is 4.56. The average molecular weight is 431 g/mol. The van der Waals surface area contributed by atoms with Gasteiger partial charge in [-0.1, -0.05) is 6.08 Å². The molecule has 0 spiro atoms. The lowest BCUT2D eigenvalue weighted by Crippen LogP contribution is -2.28. The van der Waals surface area contributed by atoms with Crippen LogP contribution in [0.15, 0.2) is 48.7 Å². The minimum atomic E-state index is -5.24. The molecular formula is C20H16F3N5O3. The summed E-state index contributed by atoms with van der Waals surface area (Å²) in [7, 11) is 0. The Balaban J connectivity index is 1.50. The zero-order chi connectivity index (χ0) is 22.0. The molecule has 0 saturated heterocycles. The van der Waals surface area contributed by atoms with E-state index in [9.17, 15) is 22.8 Å². The second-order valence-electron chi connectivity index (χ2n) is 6.69. The fourth-order valence-corrected chi connectivity index (χ4v) is 3.10. The molecule has 0 unspecified atom stereocenters. The lowest BCUT2D eigenvalue weighted by atomic mass is 10.0. The lowest BCUT2D eigenvalue weighted by Gasteiger charge is -2.14. The first kappa shape index (κ1) is 20.5. The second-order valence-corrected chi connectivity index (χ2v) is 6.69. The Morgan fingerprint density at radius 1 is 1.16 bits per heavy atom. The number of carbonyl (C=O) groups excluding carboxylic acids is 2. The number of pyridine rings is 1. The summed E-state index contributed by atoms with van der Waals surface area (Å²) >= 11 is 0. The highest BCUT2D eigenvalue weighted by Gasteiger charge is 2.42. The highest BCUT2D eigenvalue weighted by atomic mass is 19.4. The Kier molecular flexibility index (Phi) is 5.42. The largest absolute Gasteiger partial charge is 0.491 e. The number of halogens is 3. The predicted octanol–water partition coefficient (Wildman–Crippen LogP) is 3.10. The highest BCUT2D eigenvalue weighted by Crippen LogP contribution is 2.25. The number of esters is 2. The van der Waals surface area contributed by atoms with E-state index in [0.29, 0.717) is 17.3 Å². The van der Waals surface area contributed by atoms with Crippen molar-refractivity contribution in [1.82, 2.24) is 19.9 Å². The van der Waals surface area contributed by atoms with Crippen LogP contribution in [0.5, 0.6) is 0 Å². The van der Waals surface area contributed by atoms with Crippen LogP contribution in [0.4, 0.5) is 24.8 Å². The van der Waals surface area contributed by atoms with Crippen molar-refractivity contribution in [2.24, 2.45) is 0 Å².